The minimum Gasteiger partial charge on any atom is -0.348 e. The summed E-state index contributed by atoms with van der Waals surface area (Å²) in [6, 6.07) is 4.01. The molecule has 0 bridgehead atoms. The quantitative estimate of drug-likeness (QED) is 0.422. The summed E-state index contributed by atoms with van der Waals surface area (Å²) >= 11 is 0. The predicted octanol–water partition coefficient (Wildman–Crippen LogP) is 1.23. The number of anilines is 1. The van der Waals surface area contributed by atoms with E-state index in [1.807, 2.05) is 0 Å². The molecule has 5 amide bonds. The van der Waals surface area contributed by atoms with Gasteiger partial charge in [-0.3, -0.25) is 29.3 Å². The number of rotatable bonds is 7. The van der Waals surface area contributed by atoms with Gasteiger partial charge in [0.05, 0.1) is 0 Å². The SMILES string of the molecule is O=C1CCC(N2Cc3c(NC(=O)CCCCNC(=O)C(F)(F)F)cccc3C2=O)C(=O)N1. The van der Waals surface area contributed by atoms with E-state index in [0.29, 0.717) is 16.8 Å². The lowest BCUT2D eigenvalue weighted by Gasteiger charge is -2.29. The molecule has 2 aliphatic heterocycles. The third-order valence-electron chi connectivity index (χ3n) is 5.23. The van der Waals surface area contributed by atoms with Gasteiger partial charge in [0.25, 0.3) is 5.91 Å². The second-order valence-electron chi connectivity index (χ2n) is 7.49. The summed E-state index contributed by atoms with van der Waals surface area (Å²) in [5.74, 6) is -3.71. The summed E-state index contributed by atoms with van der Waals surface area (Å²) in [7, 11) is 0. The number of amides is 5. The van der Waals surface area contributed by atoms with Crippen molar-refractivity contribution in [2.24, 2.45) is 0 Å². The maximum atomic E-state index is 12.8. The second-order valence-corrected chi connectivity index (χ2v) is 7.49. The number of unbranched alkanes of at least 4 members (excludes halogenated alkanes) is 1. The van der Waals surface area contributed by atoms with Crippen molar-refractivity contribution in [2.75, 3.05) is 11.9 Å². The van der Waals surface area contributed by atoms with Gasteiger partial charge >= 0.3 is 12.1 Å². The Kier molecular flexibility index (Phi) is 6.80. The van der Waals surface area contributed by atoms with Gasteiger partial charge in [-0.05, 0) is 31.4 Å². The number of nitrogens with one attached hydrogen (secondary N) is 3. The van der Waals surface area contributed by atoms with E-state index < -0.39 is 29.9 Å². The summed E-state index contributed by atoms with van der Waals surface area (Å²) in [6.45, 7) is -0.109. The van der Waals surface area contributed by atoms with Gasteiger partial charge in [-0.15, -0.1) is 0 Å². The number of imide groups is 1. The number of alkyl halides is 3. The van der Waals surface area contributed by atoms with E-state index in [1.54, 1.807) is 23.5 Å². The van der Waals surface area contributed by atoms with Crippen molar-refractivity contribution in [3.05, 3.63) is 29.3 Å². The van der Waals surface area contributed by atoms with E-state index in [0.717, 1.165) is 0 Å². The number of benzene rings is 1. The number of hydrogen-bond donors (Lipinski definition) is 3. The molecule has 1 unspecified atom stereocenters. The van der Waals surface area contributed by atoms with Crippen LogP contribution in [0.4, 0.5) is 18.9 Å². The normalized spacial score (nSPS) is 18.3. The van der Waals surface area contributed by atoms with Gasteiger partial charge < -0.3 is 15.5 Å². The molecule has 1 fully saturated rings. The first-order valence-electron chi connectivity index (χ1n) is 9.99. The van der Waals surface area contributed by atoms with E-state index in [4.69, 9.17) is 0 Å². The largest absolute Gasteiger partial charge is 0.471 e. The maximum absolute atomic E-state index is 12.8. The van der Waals surface area contributed by atoms with Crippen molar-refractivity contribution in [1.82, 2.24) is 15.5 Å². The lowest BCUT2D eigenvalue weighted by Crippen LogP contribution is -2.52. The molecular formula is C20H21F3N4O5. The fraction of sp³-hybridized carbons (Fsp3) is 0.450. The highest BCUT2D eigenvalue weighted by Gasteiger charge is 2.40. The van der Waals surface area contributed by atoms with Gasteiger partial charge in [-0.1, -0.05) is 6.07 Å². The Labute approximate surface area is 180 Å². The molecule has 32 heavy (non-hydrogen) atoms. The van der Waals surface area contributed by atoms with Crippen molar-refractivity contribution >= 4 is 35.2 Å². The summed E-state index contributed by atoms with van der Waals surface area (Å²) in [4.78, 5) is 60.6. The van der Waals surface area contributed by atoms with Crippen LogP contribution < -0.4 is 16.0 Å². The fourth-order valence-corrected chi connectivity index (χ4v) is 3.63. The third-order valence-corrected chi connectivity index (χ3v) is 5.23. The van der Waals surface area contributed by atoms with E-state index >= 15 is 0 Å². The van der Waals surface area contributed by atoms with E-state index in [1.165, 1.54) is 4.90 Å². The Hall–Kier alpha value is -3.44. The van der Waals surface area contributed by atoms with Crippen LogP contribution in [-0.4, -0.2) is 53.2 Å². The number of fused-ring (bicyclic) bond motifs is 1. The molecule has 2 aliphatic rings. The highest BCUT2D eigenvalue weighted by Crippen LogP contribution is 2.32. The number of hydrogen-bond acceptors (Lipinski definition) is 5. The minimum atomic E-state index is -4.94. The molecule has 3 rings (SSSR count). The van der Waals surface area contributed by atoms with Crippen molar-refractivity contribution in [2.45, 2.75) is 50.9 Å². The van der Waals surface area contributed by atoms with Crippen LogP contribution in [0.1, 0.15) is 48.0 Å². The lowest BCUT2D eigenvalue weighted by atomic mass is 10.0. The molecule has 0 spiro atoms. The fourth-order valence-electron chi connectivity index (χ4n) is 3.63. The number of nitrogens with zero attached hydrogens (tertiary/aromatic N) is 1. The van der Waals surface area contributed by atoms with Gasteiger partial charge in [-0.2, -0.15) is 13.2 Å². The zero-order valence-electron chi connectivity index (χ0n) is 16.9. The first-order valence-corrected chi connectivity index (χ1v) is 9.99. The molecule has 1 aromatic carbocycles. The first kappa shape index (κ1) is 23.2. The molecule has 1 aromatic rings. The molecule has 172 valence electrons. The van der Waals surface area contributed by atoms with Gasteiger partial charge in [0.1, 0.15) is 6.04 Å². The van der Waals surface area contributed by atoms with Crippen LogP contribution in [0.3, 0.4) is 0 Å². The number of carbonyl (C=O) groups excluding carboxylic acids is 5. The molecule has 1 atom stereocenters. The van der Waals surface area contributed by atoms with Gasteiger partial charge in [0, 0.05) is 42.7 Å². The zero-order valence-corrected chi connectivity index (χ0v) is 16.9. The van der Waals surface area contributed by atoms with E-state index in [2.05, 4.69) is 10.6 Å². The molecule has 12 heteroatoms. The Morgan fingerprint density at radius 3 is 2.59 bits per heavy atom. The molecule has 3 N–H and O–H groups in total. The van der Waals surface area contributed by atoms with Crippen LogP contribution >= 0.6 is 0 Å². The first-order chi connectivity index (χ1) is 15.1. The summed E-state index contributed by atoms with van der Waals surface area (Å²) in [6.07, 6.45) is -4.15. The lowest BCUT2D eigenvalue weighted by molar-refractivity contribution is -0.173. The van der Waals surface area contributed by atoms with Crippen LogP contribution in [-0.2, 0) is 25.7 Å². The van der Waals surface area contributed by atoms with Crippen LogP contribution in [0, 0.1) is 0 Å². The average molecular weight is 454 g/mol. The molecule has 0 saturated carbocycles. The third kappa shape index (κ3) is 5.24. The Bertz CT molecular complexity index is 963. The Balaban J connectivity index is 1.54. The van der Waals surface area contributed by atoms with Crippen molar-refractivity contribution in [3.8, 4) is 0 Å². The van der Waals surface area contributed by atoms with Crippen molar-refractivity contribution in [3.63, 3.8) is 0 Å². The number of halogens is 3. The monoisotopic (exact) mass is 454 g/mol. The maximum Gasteiger partial charge on any atom is 0.471 e. The molecule has 2 heterocycles. The minimum absolute atomic E-state index is 0.0103. The van der Waals surface area contributed by atoms with Crippen LogP contribution in [0.25, 0.3) is 0 Å². The predicted molar refractivity (Wildman–Crippen MR) is 104 cm³/mol. The summed E-state index contributed by atoms with van der Waals surface area (Å²) < 4.78 is 36.3. The van der Waals surface area contributed by atoms with Gasteiger partial charge in [0.15, 0.2) is 0 Å². The molecule has 0 aliphatic carbocycles. The summed E-state index contributed by atoms with van der Waals surface area (Å²) in [5, 5.41) is 6.64. The van der Waals surface area contributed by atoms with Crippen molar-refractivity contribution < 1.29 is 37.1 Å². The number of carbonyl (C=O) groups is 5. The molecule has 9 nitrogen and oxygen atoms in total. The molecular weight excluding hydrogens is 433 g/mol. The second kappa shape index (κ2) is 9.37. The van der Waals surface area contributed by atoms with Gasteiger partial charge in [-0.25, -0.2) is 0 Å². The van der Waals surface area contributed by atoms with Crippen molar-refractivity contribution in [1.29, 1.82) is 0 Å². The highest BCUT2D eigenvalue weighted by molar-refractivity contribution is 6.06. The summed E-state index contributed by atoms with van der Waals surface area (Å²) in [5.41, 5.74) is 1.30. The van der Waals surface area contributed by atoms with E-state index in [-0.39, 0.29) is 57.0 Å². The van der Waals surface area contributed by atoms with Crippen LogP contribution in [0.5, 0.6) is 0 Å². The van der Waals surface area contributed by atoms with Crippen LogP contribution in [0.2, 0.25) is 0 Å². The van der Waals surface area contributed by atoms with E-state index in [9.17, 15) is 37.1 Å². The van der Waals surface area contributed by atoms with Crippen LogP contribution in [0.15, 0.2) is 18.2 Å². The standard InChI is InChI=1S/C20H21F3N4O5/c21-20(22,23)19(32)24-9-2-1-6-15(28)25-13-5-3-4-11-12(13)10-27(18(11)31)14-7-8-16(29)26-17(14)30/h3-5,14H,1-2,6-10H2,(H,24,32)(H,25,28)(H,26,29,30). The zero-order chi connectivity index (χ0) is 23.5. The number of piperidine rings is 1. The molecule has 1 saturated heterocycles. The molecule has 0 radical (unpaired) electrons. The average Bonchev–Trinajstić information content (AvgIpc) is 3.04. The Morgan fingerprint density at radius 2 is 1.91 bits per heavy atom. The smallest absolute Gasteiger partial charge is 0.348 e. The molecule has 0 aromatic heterocycles. The van der Waals surface area contributed by atoms with Gasteiger partial charge in [0.2, 0.25) is 17.7 Å². The topological polar surface area (TPSA) is 125 Å². The highest BCUT2D eigenvalue weighted by atomic mass is 19.4. The Morgan fingerprint density at radius 1 is 1.16 bits per heavy atom.